The third-order valence-electron chi connectivity index (χ3n) is 3.48. The first-order valence-electron chi connectivity index (χ1n) is 7.66. The number of hydrogen-bond acceptors (Lipinski definition) is 3. The minimum absolute atomic E-state index is 0.0454. The van der Waals surface area contributed by atoms with E-state index in [2.05, 4.69) is 24.4 Å². The summed E-state index contributed by atoms with van der Waals surface area (Å²) in [4.78, 5) is 24.8. The molecule has 0 atom stereocenters. The van der Waals surface area contributed by atoms with Gasteiger partial charge in [0.15, 0.2) is 5.78 Å². The minimum atomic E-state index is -0.0518. The second-order valence-electron chi connectivity index (χ2n) is 5.37. The normalized spacial score (nSPS) is 10.3. The maximum absolute atomic E-state index is 12.0. The second kappa shape index (κ2) is 8.53. The van der Waals surface area contributed by atoms with Crippen molar-refractivity contribution >= 4 is 29.1 Å². The first kappa shape index (κ1) is 17.3. The molecule has 0 bridgehead atoms. The van der Waals surface area contributed by atoms with Gasteiger partial charge in [-0.05, 0) is 49.8 Å². The summed E-state index contributed by atoms with van der Waals surface area (Å²) in [6.07, 6.45) is 1.25. The molecule has 120 valence electrons. The lowest BCUT2D eigenvalue weighted by Crippen LogP contribution is -2.13. The number of carbonyl (C=O) groups is 2. The van der Waals surface area contributed by atoms with Gasteiger partial charge in [-0.1, -0.05) is 30.3 Å². The summed E-state index contributed by atoms with van der Waals surface area (Å²) in [5.74, 6) is 0.798. The fourth-order valence-electron chi connectivity index (χ4n) is 2.25. The van der Waals surface area contributed by atoms with Crippen molar-refractivity contribution in [3.63, 3.8) is 0 Å². The van der Waals surface area contributed by atoms with E-state index in [-0.39, 0.29) is 11.7 Å². The predicted molar refractivity (Wildman–Crippen MR) is 96.2 cm³/mol. The molecular weight excluding hydrogens is 306 g/mol. The lowest BCUT2D eigenvalue weighted by atomic mass is 10.1. The summed E-state index contributed by atoms with van der Waals surface area (Å²) in [6.45, 7) is 3.59. The van der Waals surface area contributed by atoms with Gasteiger partial charge in [0.2, 0.25) is 5.91 Å². The zero-order valence-electron chi connectivity index (χ0n) is 13.5. The molecule has 0 aliphatic carbocycles. The van der Waals surface area contributed by atoms with Gasteiger partial charge < -0.3 is 5.32 Å². The van der Waals surface area contributed by atoms with Crippen molar-refractivity contribution in [1.82, 2.24) is 0 Å². The average molecular weight is 327 g/mol. The number of anilines is 1. The third-order valence-corrected chi connectivity index (χ3v) is 4.74. The molecule has 1 N–H and O–H groups in total. The van der Waals surface area contributed by atoms with Crippen LogP contribution in [0.1, 0.15) is 35.7 Å². The number of nitrogens with one attached hydrogen (secondary N) is 1. The van der Waals surface area contributed by atoms with Crippen molar-refractivity contribution in [3.8, 4) is 0 Å². The van der Waals surface area contributed by atoms with Crippen molar-refractivity contribution in [2.24, 2.45) is 0 Å². The monoisotopic (exact) mass is 327 g/mol. The van der Waals surface area contributed by atoms with E-state index in [1.165, 1.54) is 17.4 Å². The highest BCUT2D eigenvalue weighted by atomic mass is 32.2. The number of Topliss-reactive ketones (excluding diaryl/α,β-unsaturated/α-hetero) is 1. The fourth-order valence-corrected chi connectivity index (χ4v) is 3.22. The number of benzene rings is 2. The number of para-hydroxylation sites is 1. The van der Waals surface area contributed by atoms with E-state index in [0.29, 0.717) is 17.7 Å². The average Bonchev–Trinajstić information content (AvgIpc) is 2.53. The molecule has 0 aromatic heterocycles. The van der Waals surface area contributed by atoms with Crippen molar-refractivity contribution < 1.29 is 9.59 Å². The van der Waals surface area contributed by atoms with Gasteiger partial charge in [-0.3, -0.25) is 9.59 Å². The van der Waals surface area contributed by atoms with E-state index in [9.17, 15) is 9.59 Å². The summed E-state index contributed by atoms with van der Waals surface area (Å²) in [5, 5.41) is 2.83. The van der Waals surface area contributed by atoms with Crippen LogP contribution < -0.4 is 5.32 Å². The molecule has 0 spiro atoms. The molecule has 23 heavy (non-hydrogen) atoms. The topological polar surface area (TPSA) is 46.2 Å². The Morgan fingerprint density at radius 3 is 2.48 bits per heavy atom. The summed E-state index contributed by atoms with van der Waals surface area (Å²) < 4.78 is 0. The van der Waals surface area contributed by atoms with Crippen LogP contribution >= 0.6 is 11.8 Å². The lowest BCUT2D eigenvalue weighted by molar-refractivity contribution is -0.116. The molecule has 0 heterocycles. The van der Waals surface area contributed by atoms with Crippen molar-refractivity contribution in [2.45, 2.75) is 31.6 Å². The minimum Gasteiger partial charge on any atom is -0.325 e. The molecule has 0 saturated carbocycles. The molecule has 0 fully saturated rings. The summed E-state index contributed by atoms with van der Waals surface area (Å²) >= 11 is 1.77. The number of thioether (sulfide) groups is 1. The van der Waals surface area contributed by atoms with Crippen LogP contribution in [0.2, 0.25) is 0 Å². The van der Waals surface area contributed by atoms with Crippen LogP contribution in [0.25, 0.3) is 0 Å². The van der Waals surface area contributed by atoms with Crippen LogP contribution in [0.5, 0.6) is 0 Å². The highest BCUT2D eigenvalue weighted by Crippen LogP contribution is 2.23. The molecule has 2 aromatic rings. The smallest absolute Gasteiger partial charge is 0.224 e. The quantitative estimate of drug-likeness (QED) is 0.455. The van der Waals surface area contributed by atoms with Crippen LogP contribution in [0, 0.1) is 6.92 Å². The molecule has 0 aliphatic rings. The maximum Gasteiger partial charge on any atom is 0.224 e. The molecule has 4 heteroatoms. The zero-order chi connectivity index (χ0) is 16.7. The summed E-state index contributed by atoms with van der Waals surface area (Å²) in [6, 6.07) is 15.3. The zero-order valence-corrected chi connectivity index (χ0v) is 14.3. The Hall–Kier alpha value is -2.07. The van der Waals surface area contributed by atoms with Gasteiger partial charge in [-0.15, -0.1) is 11.8 Å². The molecule has 1 amide bonds. The van der Waals surface area contributed by atoms with Crippen LogP contribution in [0.4, 0.5) is 5.69 Å². The van der Waals surface area contributed by atoms with Crippen molar-refractivity contribution in [3.05, 3.63) is 59.7 Å². The molecule has 0 radical (unpaired) electrons. The predicted octanol–water partition coefficient (Wildman–Crippen LogP) is 4.71. The van der Waals surface area contributed by atoms with E-state index in [4.69, 9.17) is 0 Å². The van der Waals surface area contributed by atoms with E-state index < -0.39 is 0 Å². The highest BCUT2D eigenvalue weighted by Gasteiger charge is 2.09. The van der Waals surface area contributed by atoms with E-state index in [1.54, 1.807) is 30.0 Å². The van der Waals surface area contributed by atoms with E-state index in [0.717, 1.165) is 12.2 Å². The Kier molecular flexibility index (Phi) is 6.41. The Morgan fingerprint density at radius 2 is 1.74 bits per heavy atom. The molecule has 0 saturated heterocycles. The first-order valence-corrected chi connectivity index (χ1v) is 8.64. The Morgan fingerprint density at radius 1 is 1.04 bits per heavy atom. The second-order valence-corrected chi connectivity index (χ2v) is 6.50. The van der Waals surface area contributed by atoms with Gasteiger partial charge in [0.05, 0.1) is 5.69 Å². The Balaban J connectivity index is 1.80. The number of aryl methyl sites for hydroxylation is 1. The highest BCUT2D eigenvalue weighted by molar-refractivity contribution is 7.99. The largest absolute Gasteiger partial charge is 0.325 e. The van der Waals surface area contributed by atoms with Crippen molar-refractivity contribution in [2.75, 3.05) is 11.1 Å². The van der Waals surface area contributed by atoms with Gasteiger partial charge in [-0.25, -0.2) is 0 Å². The number of ketones is 1. The number of hydrogen-bond donors (Lipinski definition) is 1. The number of amides is 1. The maximum atomic E-state index is 12.0. The van der Waals surface area contributed by atoms with Gasteiger partial charge >= 0.3 is 0 Å². The summed E-state index contributed by atoms with van der Waals surface area (Å²) in [7, 11) is 0. The van der Waals surface area contributed by atoms with Crippen LogP contribution in [-0.2, 0) is 4.79 Å². The van der Waals surface area contributed by atoms with Gasteiger partial charge in [0, 0.05) is 16.9 Å². The summed E-state index contributed by atoms with van der Waals surface area (Å²) in [5.41, 5.74) is 2.41. The van der Waals surface area contributed by atoms with Crippen LogP contribution in [0.15, 0.2) is 53.4 Å². The number of rotatable bonds is 7. The van der Waals surface area contributed by atoms with Gasteiger partial charge in [0.25, 0.3) is 0 Å². The van der Waals surface area contributed by atoms with Crippen LogP contribution in [0.3, 0.4) is 0 Å². The lowest BCUT2D eigenvalue weighted by Gasteiger charge is -2.09. The molecule has 0 aliphatic heterocycles. The Labute approximate surface area is 141 Å². The SMILES string of the molecule is CC(=O)c1ccccc1NC(=O)CCCSc1ccccc1C. The third kappa shape index (κ3) is 5.25. The van der Waals surface area contributed by atoms with Crippen LogP contribution in [-0.4, -0.2) is 17.4 Å². The molecule has 0 unspecified atom stereocenters. The first-order chi connectivity index (χ1) is 11.1. The van der Waals surface area contributed by atoms with Gasteiger partial charge in [0.1, 0.15) is 0 Å². The molecule has 2 rings (SSSR count). The van der Waals surface area contributed by atoms with Gasteiger partial charge in [-0.2, -0.15) is 0 Å². The van der Waals surface area contributed by atoms with Crippen molar-refractivity contribution in [1.29, 1.82) is 0 Å². The molecule has 3 nitrogen and oxygen atoms in total. The van der Waals surface area contributed by atoms with E-state index >= 15 is 0 Å². The number of carbonyl (C=O) groups excluding carboxylic acids is 2. The standard InChI is InChI=1S/C19H21NO2S/c1-14-8-3-6-11-18(14)23-13-7-12-19(22)20-17-10-5-4-9-16(17)15(2)21/h3-6,8-11H,7,12-13H2,1-2H3,(H,20,22). The molecular formula is C19H21NO2S. The Bertz CT molecular complexity index is 697. The molecule has 2 aromatic carbocycles. The van der Waals surface area contributed by atoms with E-state index in [1.807, 2.05) is 18.2 Å². The fraction of sp³-hybridized carbons (Fsp3) is 0.263.